The van der Waals surface area contributed by atoms with Crippen LogP contribution in [0.5, 0.6) is 0 Å². The smallest absolute Gasteiger partial charge is 0.119 e. The van der Waals surface area contributed by atoms with E-state index in [4.69, 9.17) is 0 Å². The van der Waals surface area contributed by atoms with Gasteiger partial charge >= 0.3 is 0 Å². The van der Waals surface area contributed by atoms with Crippen molar-refractivity contribution in [3.63, 3.8) is 0 Å². The van der Waals surface area contributed by atoms with Crippen molar-refractivity contribution in [2.45, 2.75) is 0 Å². The fourth-order valence-electron chi connectivity index (χ4n) is 0.398. The van der Waals surface area contributed by atoms with Crippen molar-refractivity contribution in [1.29, 1.82) is 0 Å². The van der Waals surface area contributed by atoms with Gasteiger partial charge in [-0.1, -0.05) is 0 Å². The molecule has 0 amide bonds. The SMILES string of the molecule is Brc1ncc(I)cc1I. The Morgan fingerprint density at radius 1 is 1.44 bits per heavy atom. The van der Waals surface area contributed by atoms with Gasteiger partial charge in [0, 0.05) is 13.3 Å². The molecule has 1 aromatic heterocycles. The first kappa shape index (κ1) is 8.19. The van der Waals surface area contributed by atoms with Gasteiger partial charge in [0.15, 0.2) is 0 Å². The number of rotatable bonds is 0. The molecule has 1 heterocycles. The zero-order chi connectivity index (χ0) is 6.85. The summed E-state index contributed by atoms with van der Waals surface area (Å²) in [6.45, 7) is 0. The van der Waals surface area contributed by atoms with Gasteiger partial charge in [0.25, 0.3) is 0 Å². The molecule has 0 N–H and O–H groups in total. The van der Waals surface area contributed by atoms with E-state index >= 15 is 0 Å². The number of aromatic nitrogens is 1. The lowest BCUT2D eigenvalue weighted by Gasteiger charge is -1.92. The highest BCUT2D eigenvalue weighted by molar-refractivity contribution is 14.1. The van der Waals surface area contributed by atoms with E-state index in [9.17, 15) is 0 Å². The summed E-state index contributed by atoms with van der Waals surface area (Å²) in [5.74, 6) is 0. The quantitative estimate of drug-likeness (QED) is 0.474. The lowest BCUT2D eigenvalue weighted by atomic mass is 10.5. The molecule has 0 aromatic carbocycles. The summed E-state index contributed by atoms with van der Waals surface area (Å²) in [5.41, 5.74) is 0. The lowest BCUT2D eigenvalue weighted by Crippen LogP contribution is -1.81. The van der Waals surface area contributed by atoms with Gasteiger partial charge in [-0.15, -0.1) is 0 Å². The zero-order valence-electron chi connectivity index (χ0n) is 4.24. The summed E-state index contributed by atoms with van der Waals surface area (Å²) in [4.78, 5) is 4.08. The molecule has 0 fully saturated rings. The monoisotopic (exact) mass is 409 g/mol. The second-order valence-corrected chi connectivity index (χ2v) is 4.59. The Kier molecular flexibility index (Phi) is 3.16. The molecule has 1 aromatic rings. The van der Waals surface area contributed by atoms with Gasteiger partial charge in [-0.05, 0) is 67.2 Å². The number of hydrogen-bond acceptors (Lipinski definition) is 1. The van der Waals surface area contributed by atoms with E-state index in [2.05, 4.69) is 72.2 Å². The molecule has 0 bridgehead atoms. The van der Waals surface area contributed by atoms with Crippen molar-refractivity contribution >= 4 is 61.1 Å². The van der Waals surface area contributed by atoms with Crippen molar-refractivity contribution in [2.75, 3.05) is 0 Å². The number of pyridine rings is 1. The van der Waals surface area contributed by atoms with E-state index in [0.717, 1.165) is 8.17 Å². The zero-order valence-corrected chi connectivity index (χ0v) is 10.1. The van der Waals surface area contributed by atoms with E-state index in [1.807, 2.05) is 6.20 Å². The minimum absolute atomic E-state index is 0.920. The first-order chi connectivity index (χ1) is 4.20. The highest BCUT2D eigenvalue weighted by Gasteiger charge is 1.95. The maximum absolute atomic E-state index is 4.08. The van der Waals surface area contributed by atoms with Gasteiger partial charge in [-0.3, -0.25) is 0 Å². The van der Waals surface area contributed by atoms with Crippen LogP contribution in [-0.2, 0) is 0 Å². The van der Waals surface area contributed by atoms with Crippen molar-refractivity contribution < 1.29 is 0 Å². The molecule has 0 atom stereocenters. The predicted molar refractivity (Wildman–Crippen MR) is 57.4 cm³/mol. The van der Waals surface area contributed by atoms with Crippen molar-refractivity contribution in [3.8, 4) is 0 Å². The van der Waals surface area contributed by atoms with Crippen LogP contribution >= 0.6 is 61.1 Å². The van der Waals surface area contributed by atoms with Crippen LogP contribution in [0.3, 0.4) is 0 Å². The van der Waals surface area contributed by atoms with Gasteiger partial charge in [-0.25, -0.2) is 4.98 Å². The molecule has 0 aliphatic rings. The Morgan fingerprint density at radius 2 is 2.11 bits per heavy atom. The average molecular weight is 410 g/mol. The first-order valence-electron chi connectivity index (χ1n) is 2.16. The Labute approximate surface area is 89.0 Å². The summed E-state index contributed by atoms with van der Waals surface area (Å²) < 4.78 is 3.24. The molecule has 0 radical (unpaired) electrons. The van der Waals surface area contributed by atoms with E-state index in [-0.39, 0.29) is 0 Å². The van der Waals surface area contributed by atoms with Crippen molar-refractivity contribution in [3.05, 3.63) is 24.0 Å². The second-order valence-electron chi connectivity index (χ2n) is 1.43. The molecule has 9 heavy (non-hydrogen) atoms. The number of halogens is 3. The third-order valence-corrected chi connectivity index (χ3v) is 3.55. The fraction of sp³-hybridized carbons (Fsp3) is 0. The first-order valence-corrected chi connectivity index (χ1v) is 5.12. The predicted octanol–water partition coefficient (Wildman–Crippen LogP) is 3.05. The highest BCUT2D eigenvalue weighted by Crippen LogP contribution is 2.17. The molecule has 1 rings (SSSR count). The normalized spacial score (nSPS) is 9.67. The molecule has 48 valence electrons. The molecule has 0 unspecified atom stereocenters. The minimum Gasteiger partial charge on any atom is -0.247 e. The summed E-state index contributed by atoms with van der Waals surface area (Å²) >= 11 is 7.78. The maximum Gasteiger partial charge on any atom is 0.119 e. The van der Waals surface area contributed by atoms with Crippen molar-refractivity contribution in [1.82, 2.24) is 4.98 Å². The largest absolute Gasteiger partial charge is 0.247 e. The summed E-state index contributed by atoms with van der Waals surface area (Å²) in [5, 5.41) is 0. The van der Waals surface area contributed by atoms with Gasteiger partial charge in [0.1, 0.15) is 4.60 Å². The Hall–Kier alpha value is 1.09. The van der Waals surface area contributed by atoms with Gasteiger partial charge in [-0.2, -0.15) is 0 Å². The van der Waals surface area contributed by atoms with Crippen LogP contribution < -0.4 is 0 Å². The fourth-order valence-corrected chi connectivity index (χ4v) is 2.14. The molecule has 0 saturated carbocycles. The molecule has 0 aliphatic carbocycles. The molecule has 0 saturated heterocycles. The van der Waals surface area contributed by atoms with Crippen molar-refractivity contribution in [2.24, 2.45) is 0 Å². The standard InChI is InChI=1S/C5H2BrI2N/c6-5-4(8)1-3(7)2-9-5/h1-2H. The van der Waals surface area contributed by atoms with Crippen LogP contribution in [0.1, 0.15) is 0 Å². The highest BCUT2D eigenvalue weighted by atomic mass is 127. The van der Waals surface area contributed by atoms with Crippen LogP contribution in [0.25, 0.3) is 0 Å². The van der Waals surface area contributed by atoms with E-state index in [0.29, 0.717) is 0 Å². The number of hydrogen-bond donors (Lipinski definition) is 0. The molecule has 0 spiro atoms. The molecule has 0 aliphatic heterocycles. The summed E-state index contributed by atoms with van der Waals surface area (Å²) in [6, 6.07) is 2.07. The minimum atomic E-state index is 0.920. The molecule has 4 heteroatoms. The van der Waals surface area contributed by atoms with Gasteiger partial charge in [0.05, 0.1) is 0 Å². The Morgan fingerprint density at radius 3 is 2.56 bits per heavy atom. The van der Waals surface area contributed by atoms with E-state index in [1.165, 1.54) is 3.57 Å². The van der Waals surface area contributed by atoms with Gasteiger partial charge in [0.2, 0.25) is 0 Å². The topological polar surface area (TPSA) is 12.9 Å². The Balaban J connectivity index is 3.17. The Bertz CT molecular complexity index is 226. The third-order valence-electron chi connectivity index (χ3n) is 0.763. The van der Waals surface area contributed by atoms with E-state index < -0.39 is 0 Å². The molecular weight excluding hydrogens is 408 g/mol. The van der Waals surface area contributed by atoms with Crippen LogP contribution in [0, 0.1) is 7.14 Å². The summed E-state index contributed by atoms with van der Waals surface area (Å²) in [6.07, 6.45) is 1.83. The van der Waals surface area contributed by atoms with Gasteiger partial charge < -0.3 is 0 Å². The molecular formula is C5H2BrI2N. The average Bonchev–Trinajstić information content (AvgIpc) is 1.80. The second kappa shape index (κ2) is 3.47. The third kappa shape index (κ3) is 2.30. The van der Waals surface area contributed by atoms with Crippen LogP contribution in [-0.4, -0.2) is 4.98 Å². The van der Waals surface area contributed by atoms with Crippen LogP contribution in [0.15, 0.2) is 16.9 Å². The maximum atomic E-state index is 4.08. The number of nitrogens with zero attached hydrogens (tertiary/aromatic N) is 1. The van der Waals surface area contributed by atoms with E-state index in [1.54, 1.807) is 0 Å². The molecule has 1 nitrogen and oxygen atoms in total. The van der Waals surface area contributed by atoms with Crippen LogP contribution in [0.4, 0.5) is 0 Å². The van der Waals surface area contributed by atoms with Crippen LogP contribution in [0.2, 0.25) is 0 Å². The lowest BCUT2D eigenvalue weighted by molar-refractivity contribution is 1.24. The summed E-state index contributed by atoms with van der Waals surface area (Å²) in [7, 11) is 0.